The number of fused-ring (bicyclic) bond motifs is 1. The van der Waals surface area contributed by atoms with Crippen LogP contribution >= 0.6 is 23.4 Å². The van der Waals surface area contributed by atoms with Crippen LogP contribution < -0.4 is 5.56 Å². The Bertz CT molecular complexity index is 1060. The molecule has 0 aliphatic carbocycles. The fourth-order valence-electron chi connectivity index (χ4n) is 2.13. The lowest BCUT2D eigenvalue weighted by molar-refractivity contribution is 0.447. The van der Waals surface area contributed by atoms with Crippen molar-refractivity contribution in [3.8, 4) is 11.7 Å². The molecule has 24 heavy (non-hydrogen) atoms. The highest BCUT2D eigenvalue weighted by atomic mass is 35.5. The average molecular weight is 361 g/mol. The summed E-state index contributed by atoms with van der Waals surface area (Å²) in [4.78, 5) is 19.2. The highest BCUT2D eigenvalue weighted by molar-refractivity contribution is 7.98. The summed E-state index contributed by atoms with van der Waals surface area (Å²) in [5.41, 5.74) is 0.348. The second-order valence-electron chi connectivity index (χ2n) is 4.81. The first-order chi connectivity index (χ1) is 11.7. The number of nitrogens with zero attached hydrogens (tertiary/aromatic N) is 3. The molecule has 9 heteroatoms. The number of halogens is 1. The minimum absolute atomic E-state index is 0.236. The van der Waals surface area contributed by atoms with E-state index in [1.54, 1.807) is 30.3 Å². The van der Waals surface area contributed by atoms with Crippen LogP contribution in [0, 0.1) is 0 Å². The number of furan rings is 1. The molecule has 3 heterocycles. The van der Waals surface area contributed by atoms with E-state index in [4.69, 9.17) is 20.4 Å². The smallest absolute Gasteiger partial charge is 0.284 e. The number of rotatable bonds is 4. The molecule has 1 N–H and O–H groups in total. The van der Waals surface area contributed by atoms with Gasteiger partial charge in [0.15, 0.2) is 5.76 Å². The molecule has 0 atom stereocenters. The normalized spacial score (nSPS) is 11.2. The largest absolute Gasteiger partial charge is 0.459 e. The highest BCUT2D eigenvalue weighted by Crippen LogP contribution is 2.25. The Morgan fingerprint density at radius 3 is 3.00 bits per heavy atom. The molecule has 7 nitrogen and oxygen atoms in total. The van der Waals surface area contributed by atoms with Gasteiger partial charge in [0.1, 0.15) is 5.82 Å². The molecule has 3 aromatic heterocycles. The fourth-order valence-corrected chi connectivity index (χ4v) is 2.93. The predicted octanol–water partition coefficient (Wildman–Crippen LogP) is 3.51. The van der Waals surface area contributed by atoms with Crippen molar-refractivity contribution >= 4 is 34.3 Å². The van der Waals surface area contributed by atoms with E-state index in [1.165, 1.54) is 18.0 Å². The van der Waals surface area contributed by atoms with Gasteiger partial charge >= 0.3 is 0 Å². The van der Waals surface area contributed by atoms with Crippen molar-refractivity contribution in [2.75, 3.05) is 0 Å². The third-order valence-corrected chi connectivity index (χ3v) is 4.25. The number of nitrogens with one attached hydrogen (secondary N) is 1. The van der Waals surface area contributed by atoms with Crippen LogP contribution in [0.3, 0.4) is 0 Å². The fraction of sp³-hybridized carbons (Fsp3) is 0.0667. The van der Waals surface area contributed by atoms with Crippen LogP contribution in [-0.4, -0.2) is 20.2 Å². The summed E-state index contributed by atoms with van der Waals surface area (Å²) < 4.78 is 10.7. The standard InChI is InChI=1S/C15H9ClN4O3S/c16-8-3-4-10-9(6-8)13(21)18-12(17-10)7-24-15-20-19-14(23-15)11-2-1-5-22-11/h1-6H,7H2,(H,17,18,21). The van der Waals surface area contributed by atoms with E-state index in [9.17, 15) is 4.79 Å². The molecule has 0 saturated heterocycles. The summed E-state index contributed by atoms with van der Waals surface area (Å²) in [7, 11) is 0. The van der Waals surface area contributed by atoms with E-state index < -0.39 is 0 Å². The molecule has 4 rings (SSSR count). The van der Waals surface area contributed by atoms with Crippen molar-refractivity contribution in [1.82, 2.24) is 20.2 Å². The molecule has 4 aromatic rings. The molecule has 0 amide bonds. The van der Waals surface area contributed by atoms with Crippen LogP contribution in [0.5, 0.6) is 0 Å². The maximum Gasteiger partial charge on any atom is 0.284 e. The number of aromatic amines is 1. The minimum atomic E-state index is -0.236. The van der Waals surface area contributed by atoms with Crippen LogP contribution in [0.4, 0.5) is 0 Å². The summed E-state index contributed by atoms with van der Waals surface area (Å²) in [6, 6.07) is 8.47. The molecule has 0 aliphatic rings. The number of H-pyrrole nitrogens is 1. The zero-order chi connectivity index (χ0) is 16.5. The Morgan fingerprint density at radius 2 is 2.17 bits per heavy atom. The monoisotopic (exact) mass is 360 g/mol. The third kappa shape index (κ3) is 2.93. The summed E-state index contributed by atoms with van der Waals surface area (Å²) in [5, 5.41) is 9.15. The van der Waals surface area contributed by atoms with Crippen LogP contribution in [0.15, 0.2) is 55.4 Å². The van der Waals surface area contributed by atoms with Gasteiger partial charge in [0.2, 0.25) is 0 Å². The van der Waals surface area contributed by atoms with Gasteiger partial charge in [0.05, 0.1) is 22.9 Å². The van der Waals surface area contributed by atoms with E-state index in [0.29, 0.717) is 44.4 Å². The van der Waals surface area contributed by atoms with E-state index in [0.717, 1.165) is 0 Å². The first-order valence-corrected chi connectivity index (χ1v) is 8.24. The Kier molecular flexibility index (Phi) is 3.83. The molecule has 0 saturated carbocycles. The van der Waals surface area contributed by atoms with Crippen molar-refractivity contribution in [1.29, 1.82) is 0 Å². The minimum Gasteiger partial charge on any atom is -0.459 e. The van der Waals surface area contributed by atoms with Crippen molar-refractivity contribution in [2.45, 2.75) is 11.0 Å². The van der Waals surface area contributed by atoms with Gasteiger partial charge in [-0.05, 0) is 30.3 Å². The number of thioether (sulfide) groups is 1. The highest BCUT2D eigenvalue weighted by Gasteiger charge is 2.12. The zero-order valence-corrected chi connectivity index (χ0v) is 13.6. The molecular formula is C15H9ClN4O3S. The molecule has 0 spiro atoms. The van der Waals surface area contributed by atoms with Gasteiger partial charge in [-0.3, -0.25) is 4.79 Å². The Morgan fingerprint density at radius 1 is 1.25 bits per heavy atom. The molecule has 120 valence electrons. The molecule has 0 unspecified atom stereocenters. The van der Waals surface area contributed by atoms with Crippen molar-refractivity contribution < 1.29 is 8.83 Å². The van der Waals surface area contributed by atoms with E-state index in [2.05, 4.69) is 20.2 Å². The Hall–Kier alpha value is -2.58. The van der Waals surface area contributed by atoms with E-state index in [1.807, 2.05) is 0 Å². The third-order valence-electron chi connectivity index (χ3n) is 3.19. The molecule has 0 radical (unpaired) electrons. The van der Waals surface area contributed by atoms with Crippen molar-refractivity contribution in [3.63, 3.8) is 0 Å². The lowest BCUT2D eigenvalue weighted by atomic mass is 10.2. The number of hydrogen-bond donors (Lipinski definition) is 1. The zero-order valence-electron chi connectivity index (χ0n) is 12.0. The number of aromatic nitrogens is 4. The van der Waals surface area contributed by atoms with Crippen LogP contribution in [-0.2, 0) is 5.75 Å². The van der Waals surface area contributed by atoms with Gasteiger partial charge in [0.25, 0.3) is 16.7 Å². The first kappa shape index (κ1) is 15.0. The predicted molar refractivity (Wildman–Crippen MR) is 88.9 cm³/mol. The van der Waals surface area contributed by atoms with Crippen LogP contribution in [0.25, 0.3) is 22.6 Å². The second kappa shape index (κ2) is 6.14. The van der Waals surface area contributed by atoms with Gasteiger partial charge < -0.3 is 13.8 Å². The van der Waals surface area contributed by atoms with E-state index >= 15 is 0 Å². The topological polar surface area (TPSA) is 97.8 Å². The van der Waals surface area contributed by atoms with Gasteiger partial charge in [-0.25, -0.2) is 4.98 Å². The van der Waals surface area contributed by atoms with Crippen LogP contribution in [0.1, 0.15) is 5.82 Å². The number of hydrogen-bond acceptors (Lipinski definition) is 7. The van der Waals surface area contributed by atoms with Gasteiger partial charge in [0, 0.05) is 5.02 Å². The second-order valence-corrected chi connectivity index (χ2v) is 6.18. The van der Waals surface area contributed by atoms with Gasteiger partial charge in [-0.15, -0.1) is 10.2 Å². The quantitative estimate of drug-likeness (QED) is 0.556. The number of benzene rings is 1. The first-order valence-electron chi connectivity index (χ1n) is 6.88. The molecule has 1 aromatic carbocycles. The lowest BCUT2D eigenvalue weighted by Gasteiger charge is -2.01. The lowest BCUT2D eigenvalue weighted by Crippen LogP contribution is -2.11. The van der Waals surface area contributed by atoms with Gasteiger partial charge in [-0.2, -0.15) is 0 Å². The Labute approximate surface area is 144 Å². The SMILES string of the molecule is O=c1[nH]c(CSc2nnc(-c3ccco3)o2)nc2ccc(Cl)cc12. The van der Waals surface area contributed by atoms with E-state index in [-0.39, 0.29) is 5.56 Å². The molecular weight excluding hydrogens is 352 g/mol. The van der Waals surface area contributed by atoms with Crippen LogP contribution in [0.2, 0.25) is 5.02 Å². The average Bonchev–Trinajstić information content (AvgIpc) is 3.25. The molecule has 0 bridgehead atoms. The maximum atomic E-state index is 12.1. The van der Waals surface area contributed by atoms with Crippen molar-refractivity contribution in [3.05, 3.63) is 57.8 Å². The molecule has 0 fully saturated rings. The maximum absolute atomic E-state index is 12.1. The summed E-state index contributed by atoms with van der Waals surface area (Å²) in [6.07, 6.45) is 1.53. The summed E-state index contributed by atoms with van der Waals surface area (Å²) in [6.45, 7) is 0. The summed E-state index contributed by atoms with van der Waals surface area (Å²) >= 11 is 7.17. The van der Waals surface area contributed by atoms with Gasteiger partial charge in [-0.1, -0.05) is 23.4 Å². The summed E-state index contributed by atoms with van der Waals surface area (Å²) in [5.74, 6) is 1.70. The molecule has 0 aliphatic heterocycles. The van der Waals surface area contributed by atoms with Crippen molar-refractivity contribution in [2.24, 2.45) is 0 Å². The Balaban J connectivity index is 1.55.